The summed E-state index contributed by atoms with van der Waals surface area (Å²) in [4.78, 5) is 2.41. The molecule has 1 fully saturated rings. The molecule has 8 heteroatoms. The quantitative estimate of drug-likeness (QED) is 0.812. The highest BCUT2D eigenvalue weighted by atomic mass is 32.2. The molecule has 0 spiro atoms. The van der Waals surface area contributed by atoms with E-state index in [2.05, 4.69) is 15.1 Å². The zero-order chi connectivity index (χ0) is 18.9. The minimum atomic E-state index is -3.55. The highest BCUT2D eigenvalue weighted by Gasteiger charge is 2.31. The predicted octanol–water partition coefficient (Wildman–Crippen LogP) is 1.92. The molecule has 0 amide bonds. The van der Waals surface area contributed by atoms with Crippen molar-refractivity contribution in [2.24, 2.45) is 0 Å². The fourth-order valence-electron chi connectivity index (χ4n) is 3.36. The van der Waals surface area contributed by atoms with E-state index in [4.69, 9.17) is 4.74 Å². The number of nitrogens with zero attached hydrogens (tertiary/aromatic N) is 4. The maximum Gasteiger partial charge on any atom is 0.243 e. The van der Waals surface area contributed by atoms with Crippen molar-refractivity contribution in [2.75, 3.05) is 38.2 Å². The molecular formula is C18H24N4O3S. The lowest BCUT2D eigenvalue weighted by molar-refractivity contribution is 0.382. The van der Waals surface area contributed by atoms with Crippen LogP contribution in [0, 0.1) is 20.8 Å². The van der Waals surface area contributed by atoms with Gasteiger partial charge >= 0.3 is 0 Å². The summed E-state index contributed by atoms with van der Waals surface area (Å²) in [7, 11) is -1.95. The number of sulfonamides is 1. The molecule has 26 heavy (non-hydrogen) atoms. The maximum absolute atomic E-state index is 13.2. The third-order valence-electron chi connectivity index (χ3n) is 4.92. The van der Waals surface area contributed by atoms with Gasteiger partial charge < -0.3 is 9.64 Å². The van der Waals surface area contributed by atoms with Gasteiger partial charge in [0.05, 0.1) is 12.0 Å². The van der Waals surface area contributed by atoms with E-state index in [1.165, 1.54) is 0 Å². The van der Waals surface area contributed by atoms with Crippen LogP contribution in [0.4, 0.5) is 5.82 Å². The molecule has 140 valence electrons. The summed E-state index contributed by atoms with van der Waals surface area (Å²) in [5.41, 5.74) is 2.43. The van der Waals surface area contributed by atoms with Crippen molar-refractivity contribution in [2.45, 2.75) is 25.7 Å². The van der Waals surface area contributed by atoms with Gasteiger partial charge in [0.15, 0.2) is 5.82 Å². The van der Waals surface area contributed by atoms with E-state index < -0.39 is 10.0 Å². The Labute approximate surface area is 154 Å². The Balaban J connectivity index is 1.84. The second-order valence-electron chi connectivity index (χ2n) is 6.45. The number of methoxy groups -OCH3 is 1. The van der Waals surface area contributed by atoms with Gasteiger partial charge in [-0.1, -0.05) is 0 Å². The molecule has 2 aromatic rings. The molecule has 2 heterocycles. The molecule has 0 unspecified atom stereocenters. The average Bonchev–Trinajstić information content (AvgIpc) is 2.66. The number of piperazine rings is 1. The zero-order valence-corrected chi connectivity index (χ0v) is 16.4. The van der Waals surface area contributed by atoms with Gasteiger partial charge in [-0.25, -0.2) is 8.42 Å². The van der Waals surface area contributed by atoms with Crippen LogP contribution in [0.15, 0.2) is 29.3 Å². The van der Waals surface area contributed by atoms with E-state index in [0.717, 1.165) is 28.3 Å². The molecule has 0 radical (unpaired) electrons. The van der Waals surface area contributed by atoms with Gasteiger partial charge in [-0.05, 0) is 55.7 Å². The number of aromatic nitrogens is 2. The van der Waals surface area contributed by atoms with Crippen LogP contribution in [0.5, 0.6) is 5.75 Å². The molecule has 1 aliphatic heterocycles. The van der Waals surface area contributed by atoms with Gasteiger partial charge in [0.25, 0.3) is 0 Å². The number of hydrogen-bond donors (Lipinski definition) is 0. The largest absolute Gasteiger partial charge is 0.496 e. The molecule has 1 saturated heterocycles. The fraction of sp³-hybridized carbons (Fsp3) is 0.444. The standard InChI is InChI=1S/C18H24N4O3S/c1-13-12-16(14(2)15(3)18(13)25-4)26(23,24)22-10-8-21(9-11-22)17-6-5-7-19-20-17/h5-7,12H,8-11H2,1-4H3. The first-order chi connectivity index (χ1) is 12.4. The number of aryl methyl sites for hydroxylation is 1. The lowest BCUT2D eigenvalue weighted by Crippen LogP contribution is -2.49. The van der Waals surface area contributed by atoms with Crippen molar-refractivity contribution < 1.29 is 13.2 Å². The second-order valence-corrected chi connectivity index (χ2v) is 8.35. The van der Waals surface area contributed by atoms with Gasteiger partial charge in [0.2, 0.25) is 10.0 Å². The monoisotopic (exact) mass is 376 g/mol. The lowest BCUT2D eigenvalue weighted by atomic mass is 10.1. The minimum absolute atomic E-state index is 0.362. The van der Waals surface area contributed by atoms with Gasteiger partial charge in [0.1, 0.15) is 5.75 Å². The van der Waals surface area contributed by atoms with Crippen molar-refractivity contribution in [3.8, 4) is 5.75 Å². The minimum Gasteiger partial charge on any atom is -0.496 e. The summed E-state index contributed by atoms with van der Waals surface area (Å²) < 4.78 is 33.3. The number of benzene rings is 1. The molecule has 7 nitrogen and oxygen atoms in total. The normalized spacial score (nSPS) is 15.9. The number of ether oxygens (including phenoxy) is 1. The van der Waals surface area contributed by atoms with Crippen LogP contribution in [0.3, 0.4) is 0 Å². The highest BCUT2D eigenvalue weighted by Crippen LogP contribution is 2.32. The maximum atomic E-state index is 13.2. The Morgan fingerprint density at radius 3 is 2.35 bits per heavy atom. The number of hydrogen-bond acceptors (Lipinski definition) is 6. The summed E-state index contributed by atoms with van der Waals surface area (Å²) >= 11 is 0. The summed E-state index contributed by atoms with van der Waals surface area (Å²) in [6, 6.07) is 5.43. The first-order valence-electron chi connectivity index (χ1n) is 8.54. The van der Waals surface area contributed by atoms with Crippen LogP contribution in [-0.4, -0.2) is 56.2 Å². The third-order valence-corrected chi connectivity index (χ3v) is 6.95. The molecule has 1 aliphatic rings. The van der Waals surface area contributed by atoms with E-state index in [1.807, 2.05) is 32.9 Å². The van der Waals surface area contributed by atoms with Crippen LogP contribution in [-0.2, 0) is 10.0 Å². The van der Waals surface area contributed by atoms with Crippen molar-refractivity contribution in [3.05, 3.63) is 41.1 Å². The molecule has 0 bridgehead atoms. The van der Waals surface area contributed by atoms with Crippen molar-refractivity contribution in [1.82, 2.24) is 14.5 Å². The Hall–Kier alpha value is -2.19. The first-order valence-corrected chi connectivity index (χ1v) is 9.98. The Morgan fingerprint density at radius 1 is 1.08 bits per heavy atom. The fourth-order valence-corrected chi connectivity index (χ4v) is 5.15. The van der Waals surface area contributed by atoms with Gasteiger partial charge in [-0.3, -0.25) is 0 Å². The lowest BCUT2D eigenvalue weighted by Gasteiger charge is -2.34. The van der Waals surface area contributed by atoms with E-state index >= 15 is 0 Å². The summed E-state index contributed by atoms with van der Waals surface area (Å²) in [5, 5.41) is 7.99. The van der Waals surface area contributed by atoms with Gasteiger partial charge in [0, 0.05) is 32.4 Å². The van der Waals surface area contributed by atoms with Crippen LogP contribution in [0.25, 0.3) is 0 Å². The highest BCUT2D eigenvalue weighted by molar-refractivity contribution is 7.89. The first kappa shape index (κ1) is 18.6. The van der Waals surface area contributed by atoms with E-state index in [1.54, 1.807) is 23.7 Å². The third kappa shape index (κ3) is 3.26. The summed E-state index contributed by atoms with van der Waals surface area (Å²) in [6.07, 6.45) is 1.63. The Kier molecular flexibility index (Phi) is 5.15. The number of rotatable bonds is 4. The number of anilines is 1. The van der Waals surface area contributed by atoms with Crippen molar-refractivity contribution in [1.29, 1.82) is 0 Å². The van der Waals surface area contributed by atoms with Crippen LogP contribution in [0.1, 0.15) is 16.7 Å². The molecule has 1 aromatic carbocycles. The Bertz CT molecular complexity index is 892. The van der Waals surface area contributed by atoms with E-state index in [-0.39, 0.29) is 0 Å². The zero-order valence-electron chi connectivity index (χ0n) is 15.6. The summed E-state index contributed by atoms with van der Waals surface area (Å²) in [5.74, 6) is 1.52. The molecule has 0 atom stereocenters. The predicted molar refractivity (Wildman–Crippen MR) is 100 cm³/mol. The van der Waals surface area contributed by atoms with Crippen molar-refractivity contribution >= 4 is 15.8 Å². The van der Waals surface area contributed by atoms with E-state index in [9.17, 15) is 8.42 Å². The molecule has 0 aliphatic carbocycles. The molecule has 1 aromatic heterocycles. The molecular weight excluding hydrogens is 352 g/mol. The van der Waals surface area contributed by atoms with E-state index in [0.29, 0.717) is 31.1 Å². The molecule has 3 rings (SSSR count). The summed E-state index contributed by atoms with van der Waals surface area (Å²) in [6.45, 7) is 7.61. The topological polar surface area (TPSA) is 75.6 Å². The SMILES string of the molecule is COc1c(C)cc(S(=O)(=O)N2CCN(c3cccnn3)CC2)c(C)c1C. The van der Waals surface area contributed by atoms with Gasteiger partial charge in [-0.15, -0.1) is 5.10 Å². The van der Waals surface area contributed by atoms with Gasteiger partial charge in [-0.2, -0.15) is 9.40 Å². The van der Waals surface area contributed by atoms with Crippen LogP contribution in [0.2, 0.25) is 0 Å². The van der Waals surface area contributed by atoms with Crippen LogP contribution < -0.4 is 9.64 Å². The van der Waals surface area contributed by atoms with Crippen LogP contribution >= 0.6 is 0 Å². The van der Waals surface area contributed by atoms with Crippen molar-refractivity contribution in [3.63, 3.8) is 0 Å². The molecule has 0 saturated carbocycles. The second kappa shape index (κ2) is 7.20. The molecule has 0 N–H and O–H groups in total. The average molecular weight is 376 g/mol. The smallest absolute Gasteiger partial charge is 0.243 e. The Morgan fingerprint density at radius 2 is 1.77 bits per heavy atom.